The molecule has 0 bridgehead atoms. The lowest BCUT2D eigenvalue weighted by molar-refractivity contribution is -0.0525. The van der Waals surface area contributed by atoms with Crippen molar-refractivity contribution in [3.63, 3.8) is 0 Å². The van der Waals surface area contributed by atoms with Gasteiger partial charge in [-0.05, 0) is 34.8 Å². The van der Waals surface area contributed by atoms with E-state index in [1.807, 2.05) is 0 Å². The first kappa shape index (κ1) is 22.2. The van der Waals surface area contributed by atoms with E-state index < -0.39 is 14.7 Å². The van der Waals surface area contributed by atoms with Crippen molar-refractivity contribution in [3.05, 3.63) is 22.8 Å². The monoisotopic (exact) mass is 512 g/mol. The van der Waals surface area contributed by atoms with Crippen molar-refractivity contribution < 1.29 is 18.3 Å². The molecule has 1 fully saturated rings. The van der Waals surface area contributed by atoms with Crippen molar-refractivity contribution in [1.82, 2.24) is 29.7 Å². The van der Waals surface area contributed by atoms with Crippen LogP contribution in [0.2, 0.25) is 25.7 Å². The van der Waals surface area contributed by atoms with E-state index in [1.54, 1.807) is 10.9 Å². The lowest BCUT2D eigenvalue weighted by Gasteiger charge is -2.15. The van der Waals surface area contributed by atoms with Crippen LogP contribution in [0.15, 0.2) is 17.1 Å². The minimum Gasteiger partial charge on any atom is -0.416 e. The maximum atomic E-state index is 13.0. The Morgan fingerprint density at radius 3 is 2.68 bits per heavy atom. The van der Waals surface area contributed by atoms with Crippen molar-refractivity contribution >= 4 is 35.0 Å². The molecule has 0 aliphatic heterocycles. The predicted octanol–water partition coefficient (Wildman–Crippen LogP) is 4.84. The maximum absolute atomic E-state index is 13.0. The molecule has 3 aromatic rings. The number of rotatable bonds is 9. The van der Waals surface area contributed by atoms with Crippen LogP contribution < -0.4 is 4.74 Å². The van der Waals surface area contributed by atoms with E-state index in [1.165, 1.54) is 6.33 Å². The Morgan fingerprint density at radius 2 is 2.00 bits per heavy atom. The summed E-state index contributed by atoms with van der Waals surface area (Å²) in [6.45, 7) is 4.81. The number of ether oxygens (including phenoxy) is 2. The van der Waals surface area contributed by atoms with Gasteiger partial charge in [0.2, 0.25) is 5.88 Å². The summed E-state index contributed by atoms with van der Waals surface area (Å²) in [5, 5.41) is 4.47. The van der Waals surface area contributed by atoms with Gasteiger partial charge in [-0.15, -0.1) is 0 Å². The summed E-state index contributed by atoms with van der Waals surface area (Å²) in [5.74, 6) is 0.179. The van der Waals surface area contributed by atoms with Crippen LogP contribution in [-0.2, 0) is 11.5 Å². The Bertz CT molecular complexity index is 1090. The molecular formula is C19H23BrF2N6O2Si. The fraction of sp³-hybridized carbons (Fsp3) is 0.526. The van der Waals surface area contributed by atoms with Gasteiger partial charge in [-0.3, -0.25) is 0 Å². The highest BCUT2D eigenvalue weighted by atomic mass is 79.9. The van der Waals surface area contributed by atoms with Crippen LogP contribution in [0.5, 0.6) is 5.88 Å². The molecule has 0 atom stereocenters. The topological polar surface area (TPSA) is 87.8 Å². The summed E-state index contributed by atoms with van der Waals surface area (Å²) in [6, 6.07) is 1.06. The average molecular weight is 513 g/mol. The maximum Gasteiger partial charge on any atom is 0.388 e. The van der Waals surface area contributed by atoms with Gasteiger partial charge in [0.15, 0.2) is 5.82 Å². The number of nitrogens with zero attached hydrogens (tertiary/aromatic N) is 6. The molecule has 1 aliphatic carbocycles. The number of hydrogen-bond acceptors (Lipinski definition) is 7. The molecule has 0 radical (unpaired) electrons. The molecule has 0 spiro atoms. The van der Waals surface area contributed by atoms with Gasteiger partial charge < -0.3 is 9.47 Å². The zero-order valence-electron chi connectivity index (χ0n) is 17.5. The van der Waals surface area contributed by atoms with Crippen molar-refractivity contribution in [2.45, 2.75) is 57.8 Å². The lowest BCUT2D eigenvalue weighted by atomic mass is 10.1. The third-order valence-corrected chi connectivity index (χ3v) is 7.35. The Labute approximate surface area is 187 Å². The molecule has 1 saturated carbocycles. The number of aromatic nitrogens is 6. The van der Waals surface area contributed by atoms with Crippen molar-refractivity contribution in [2.24, 2.45) is 0 Å². The number of alkyl halides is 2. The van der Waals surface area contributed by atoms with Gasteiger partial charge in [0, 0.05) is 20.6 Å². The van der Waals surface area contributed by atoms with Crippen molar-refractivity contribution in [3.8, 4) is 17.3 Å². The summed E-state index contributed by atoms with van der Waals surface area (Å²) in [7, 11) is -1.18. The molecule has 8 nitrogen and oxygen atoms in total. The third-order valence-electron chi connectivity index (χ3n) is 4.86. The molecule has 3 aromatic heterocycles. The van der Waals surface area contributed by atoms with E-state index in [-0.39, 0.29) is 24.4 Å². The predicted molar refractivity (Wildman–Crippen MR) is 117 cm³/mol. The van der Waals surface area contributed by atoms with Gasteiger partial charge >= 0.3 is 6.61 Å². The molecule has 4 rings (SSSR count). The highest BCUT2D eigenvalue weighted by Crippen LogP contribution is 2.45. The summed E-state index contributed by atoms with van der Waals surface area (Å²) in [6.07, 6.45) is 4.64. The molecule has 3 heterocycles. The normalized spacial score (nSPS) is 14.5. The standard InChI is InChI=1S/C19H23BrF2N6O2Si/c1-31(2,3)7-6-29-10-28-16(20)15-12(27-28)8-23-17(26-15)13-14(11-4-5-11)24-9-25-18(13)30-19(21)22/h8-9,11,19H,4-7,10H2,1-3H3. The molecule has 0 unspecified atom stereocenters. The minimum atomic E-state index is -3.01. The van der Waals surface area contributed by atoms with Gasteiger partial charge in [-0.1, -0.05) is 19.6 Å². The molecule has 0 N–H and O–H groups in total. The second-order valence-electron chi connectivity index (χ2n) is 8.66. The second-order valence-corrected chi connectivity index (χ2v) is 15.0. The fourth-order valence-electron chi connectivity index (χ4n) is 3.06. The first-order chi connectivity index (χ1) is 14.7. The van der Waals surface area contributed by atoms with Gasteiger partial charge in [0.05, 0.1) is 11.9 Å². The first-order valence-electron chi connectivity index (χ1n) is 10.00. The molecule has 0 saturated heterocycles. The van der Waals surface area contributed by atoms with Crippen LogP contribution in [0.25, 0.3) is 22.4 Å². The summed E-state index contributed by atoms with van der Waals surface area (Å²) in [5.41, 5.74) is 2.04. The van der Waals surface area contributed by atoms with Crippen LogP contribution in [0.1, 0.15) is 24.5 Å². The van der Waals surface area contributed by atoms with E-state index in [9.17, 15) is 8.78 Å². The van der Waals surface area contributed by atoms with Crippen LogP contribution in [0.4, 0.5) is 8.78 Å². The van der Waals surface area contributed by atoms with Gasteiger partial charge in [0.25, 0.3) is 0 Å². The number of halogens is 3. The molecular weight excluding hydrogens is 490 g/mol. The molecule has 1 aliphatic rings. The van der Waals surface area contributed by atoms with E-state index >= 15 is 0 Å². The van der Waals surface area contributed by atoms with Crippen LogP contribution in [0, 0.1) is 0 Å². The fourth-order valence-corrected chi connectivity index (χ4v) is 4.29. The lowest BCUT2D eigenvalue weighted by Crippen LogP contribution is -2.22. The SMILES string of the molecule is C[Si](C)(C)CCOCn1nc2cnc(-c3c(OC(F)F)ncnc3C3CC3)nc2c1Br. The van der Waals surface area contributed by atoms with Crippen LogP contribution in [-0.4, -0.2) is 51.0 Å². The first-order valence-corrected chi connectivity index (χ1v) is 14.5. The minimum absolute atomic E-state index is 0.170. The Morgan fingerprint density at radius 1 is 1.23 bits per heavy atom. The van der Waals surface area contributed by atoms with Gasteiger partial charge in [-0.25, -0.2) is 24.6 Å². The summed E-state index contributed by atoms with van der Waals surface area (Å²) >= 11 is 3.53. The summed E-state index contributed by atoms with van der Waals surface area (Å²) < 4.78 is 38.6. The third kappa shape index (κ3) is 5.24. The van der Waals surface area contributed by atoms with E-state index in [4.69, 9.17) is 4.74 Å². The van der Waals surface area contributed by atoms with E-state index in [0.717, 1.165) is 18.9 Å². The van der Waals surface area contributed by atoms with Gasteiger partial charge in [-0.2, -0.15) is 13.9 Å². The molecule has 0 amide bonds. The largest absolute Gasteiger partial charge is 0.416 e. The molecule has 166 valence electrons. The Hall–Kier alpha value is -2.05. The molecule has 0 aromatic carbocycles. The van der Waals surface area contributed by atoms with E-state index in [2.05, 4.69) is 65.3 Å². The molecule has 31 heavy (non-hydrogen) atoms. The highest BCUT2D eigenvalue weighted by molar-refractivity contribution is 9.10. The smallest absolute Gasteiger partial charge is 0.388 e. The summed E-state index contributed by atoms with van der Waals surface area (Å²) in [4.78, 5) is 17.1. The zero-order chi connectivity index (χ0) is 22.2. The van der Waals surface area contributed by atoms with Crippen LogP contribution in [0.3, 0.4) is 0 Å². The highest BCUT2D eigenvalue weighted by Gasteiger charge is 2.32. The number of hydrogen-bond donors (Lipinski definition) is 0. The average Bonchev–Trinajstić information content (AvgIpc) is 3.49. The van der Waals surface area contributed by atoms with Crippen molar-refractivity contribution in [2.75, 3.05) is 6.61 Å². The van der Waals surface area contributed by atoms with E-state index in [0.29, 0.717) is 33.5 Å². The number of fused-ring (bicyclic) bond motifs is 1. The van der Waals surface area contributed by atoms with Gasteiger partial charge in [0.1, 0.15) is 34.3 Å². The quantitative estimate of drug-likeness (QED) is 0.299. The molecule has 12 heteroatoms. The second kappa shape index (κ2) is 8.83. The van der Waals surface area contributed by atoms with Crippen LogP contribution >= 0.6 is 15.9 Å². The Balaban J connectivity index is 1.65. The Kier molecular flexibility index (Phi) is 6.31. The van der Waals surface area contributed by atoms with Crippen molar-refractivity contribution in [1.29, 1.82) is 0 Å². The zero-order valence-corrected chi connectivity index (χ0v) is 20.1.